The van der Waals surface area contributed by atoms with Gasteiger partial charge in [-0.25, -0.2) is 9.78 Å². The first-order chi connectivity index (χ1) is 9.08. The fraction of sp³-hybridized carbons (Fsp3) is 0.273. The molecule has 100 valence electrons. The van der Waals surface area contributed by atoms with Gasteiger partial charge in [0.15, 0.2) is 0 Å². The Morgan fingerprint density at radius 3 is 3.00 bits per heavy atom. The SMILES string of the molecule is Cn1cnnc1CCNc1cnc(N)cc1C(=O)O. The van der Waals surface area contributed by atoms with Crippen LogP contribution in [0.15, 0.2) is 18.6 Å². The van der Waals surface area contributed by atoms with Gasteiger partial charge in [-0.1, -0.05) is 0 Å². The van der Waals surface area contributed by atoms with Crippen LogP contribution in [0.5, 0.6) is 0 Å². The van der Waals surface area contributed by atoms with E-state index in [2.05, 4.69) is 20.5 Å². The molecule has 8 heteroatoms. The number of aryl methyl sites for hydroxylation is 1. The molecule has 0 amide bonds. The van der Waals surface area contributed by atoms with Gasteiger partial charge in [0.2, 0.25) is 0 Å². The van der Waals surface area contributed by atoms with E-state index in [1.165, 1.54) is 12.3 Å². The van der Waals surface area contributed by atoms with Gasteiger partial charge >= 0.3 is 5.97 Å². The maximum absolute atomic E-state index is 11.1. The molecule has 0 saturated carbocycles. The summed E-state index contributed by atoms with van der Waals surface area (Å²) >= 11 is 0. The van der Waals surface area contributed by atoms with E-state index in [0.29, 0.717) is 18.7 Å². The fourth-order valence-electron chi connectivity index (χ4n) is 1.63. The number of carboxylic acids is 1. The molecule has 2 rings (SSSR count). The first kappa shape index (κ1) is 12.8. The standard InChI is InChI=1S/C11H14N6O2/c1-17-6-15-16-10(17)2-3-13-8-5-14-9(12)4-7(8)11(18)19/h4-6,13H,2-3H2,1H3,(H2,12,14)(H,18,19). The Labute approximate surface area is 109 Å². The van der Waals surface area contributed by atoms with Crippen LogP contribution in [0.1, 0.15) is 16.2 Å². The molecule has 0 aliphatic rings. The van der Waals surface area contributed by atoms with Crippen LogP contribution in [-0.2, 0) is 13.5 Å². The summed E-state index contributed by atoms with van der Waals surface area (Å²) in [7, 11) is 1.85. The Bertz CT molecular complexity index is 595. The monoisotopic (exact) mass is 262 g/mol. The molecule has 0 unspecified atom stereocenters. The van der Waals surface area contributed by atoms with Crippen molar-refractivity contribution in [2.75, 3.05) is 17.6 Å². The van der Waals surface area contributed by atoms with Crippen molar-refractivity contribution in [2.45, 2.75) is 6.42 Å². The summed E-state index contributed by atoms with van der Waals surface area (Å²) in [5.41, 5.74) is 6.00. The van der Waals surface area contributed by atoms with E-state index in [0.717, 1.165) is 5.82 Å². The van der Waals surface area contributed by atoms with Gasteiger partial charge in [0, 0.05) is 20.0 Å². The molecule has 0 saturated heterocycles. The summed E-state index contributed by atoms with van der Waals surface area (Å²) in [6, 6.07) is 1.33. The van der Waals surface area contributed by atoms with Crippen molar-refractivity contribution in [3.05, 3.63) is 30.0 Å². The molecule has 0 spiro atoms. The molecule has 2 aromatic rings. The normalized spacial score (nSPS) is 10.4. The minimum atomic E-state index is -1.05. The molecule has 0 aliphatic heterocycles. The molecule has 2 heterocycles. The second kappa shape index (κ2) is 5.34. The first-order valence-corrected chi connectivity index (χ1v) is 5.63. The van der Waals surface area contributed by atoms with E-state index in [9.17, 15) is 4.79 Å². The van der Waals surface area contributed by atoms with Crippen molar-refractivity contribution in [2.24, 2.45) is 7.05 Å². The van der Waals surface area contributed by atoms with Crippen molar-refractivity contribution in [3.63, 3.8) is 0 Å². The van der Waals surface area contributed by atoms with Crippen molar-refractivity contribution in [1.82, 2.24) is 19.7 Å². The summed E-state index contributed by atoms with van der Waals surface area (Å²) in [6.07, 6.45) is 3.65. The van der Waals surface area contributed by atoms with Gasteiger partial charge in [-0.05, 0) is 6.07 Å². The Morgan fingerprint density at radius 1 is 1.58 bits per heavy atom. The summed E-state index contributed by atoms with van der Waals surface area (Å²) in [6.45, 7) is 0.526. The summed E-state index contributed by atoms with van der Waals surface area (Å²) in [4.78, 5) is 14.9. The lowest BCUT2D eigenvalue weighted by molar-refractivity contribution is 0.0698. The summed E-state index contributed by atoms with van der Waals surface area (Å²) in [5, 5.41) is 19.8. The van der Waals surface area contributed by atoms with Gasteiger partial charge in [0.05, 0.1) is 17.4 Å². The highest BCUT2D eigenvalue weighted by Crippen LogP contribution is 2.16. The quantitative estimate of drug-likeness (QED) is 0.701. The number of nitrogens with two attached hydrogens (primary N) is 1. The third-order valence-electron chi connectivity index (χ3n) is 2.62. The van der Waals surface area contributed by atoms with E-state index >= 15 is 0 Å². The zero-order valence-corrected chi connectivity index (χ0v) is 10.4. The van der Waals surface area contributed by atoms with Crippen LogP contribution in [0, 0.1) is 0 Å². The van der Waals surface area contributed by atoms with Crippen LogP contribution in [-0.4, -0.2) is 37.4 Å². The molecule has 0 fully saturated rings. The molecule has 19 heavy (non-hydrogen) atoms. The minimum Gasteiger partial charge on any atom is -0.478 e. The molecule has 4 N–H and O–H groups in total. The number of anilines is 2. The van der Waals surface area contributed by atoms with E-state index in [-0.39, 0.29) is 11.4 Å². The summed E-state index contributed by atoms with van der Waals surface area (Å²) in [5.74, 6) is -0.0562. The largest absolute Gasteiger partial charge is 0.478 e. The van der Waals surface area contributed by atoms with Gasteiger partial charge in [-0.2, -0.15) is 0 Å². The highest BCUT2D eigenvalue weighted by atomic mass is 16.4. The number of pyridine rings is 1. The molecule has 0 radical (unpaired) electrons. The second-order valence-electron chi connectivity index (χ2n) is 3.99. The highest BCUT2D eigenvalue weighted by molar-refractivity contribution is 5.94. The topological polar surface area (TPSA) is 119 Å². The van der Waals surface area contributed by atoms with Crippen LogP contribution >= 0.6 is 0 Å². The predicted molar refractivity (Wildman–Crippen MR) is 68.8 cm³/mol. The lowest BCUT2D eigenvalue weighted by Gasteiger charge is -2.09. The molecule has 0 aromatic carbocycles. The number of hydrogen-bond acceptors (Lipinski definition) is 6. The molecule has 0 aliphatic carbocycles. The number of aromatic nitrogens is 4. The Balaban J connectivity index is 2.03. The van der Waals surface area contributed by atoms with Crippen molar-refractivity contribution in [1.29, 1.82) is 0 Å². The molecule has 8 nitrogen and oxygen atoms in total. The molecule has 0 atom stereocenters. The number of rotatable bonds is 5. The Hall–Kier alpha value is -2.64. The van der Waals surface area contributed by atoms with Gasteiger partial charge in [-0.15, -0.1) is 10.2 Å². The zero-order valence-electron chi connectivity index (χ0n) is 10.4. The minimum absolute atomic E-state index is 0.102. The van der Waals surface area contributed by atoms with Crippen molar-refractivity contribution in [3.8, 4) is 0 Å². The zero-order chi connectivity index (χ0) is 13.8. The Morgan fingerprint density at radius 2 is 2.37 bits per heavy atom. The van der Waals surface area contributed by atoms with Crippen LogP contribution in [0.4, 0.5) is 11.5 Å². The summed E-state index contributed by atoms with van der Waals surface area (Å²) < 4.78 is 1.81. The van der Waals surface area contributed by atoms with E-state index in [1.54, 1.807) is 10.9 Å². The van der Waals surface area contributed by atoms with E-state index < -0.39 is 5.97 Å². The van der Waals surface area contributed by atoms with Crippen LogP contribution in [0.2, 0.25) is 0 Å². The molecule has 2 aromatic heterocycles. The number of aromatic carboxylic acids is 1. The lowest BCUT2D eigenvalue weighted by atomic mass is 10.2. The van der Waals surface area contributed by atoms with E-state index in [4.69, 9.17) is 10.8 Å². The predicted octanol–water partition coefficient (Wildman–Crippen LogP) is 0.145. The first-order valence-electron chi connectivity index (χ1n) is 5.63. The fourth-order valence-corrected chi connectivity index (χ4v) is 1.63. The second-order valence-corrected chi connectivity index (χ2v) is 3.99. The van der Waals surface area contributed by atoms with Gasteiger partial charge in [0.1, 0.15) is 18.0 Å². The average Bonchev–Trinajstić information content (AvgIpc) is 2.77. The number of nitrogens with zero attached hydrogens (tertiary/aromatic N) is 4. The highest BCUT2D eigenvalue weighted by Gasteiger charge is 2.11. The maximum Gasteiger partial charge on any atom is 0.337 e. The smallest absolute Gasteiger partial charge is 0.337 e. The van der Waals surface area contributed by atoms with Crippen LogP contribution < -0.4 is 11.1 Å². The van der Waals surface area contributed by atoms with Gasteiger partial charge in [-0.3, -0.25) is 0 Å². The van der Waals surface area contributed by atoms with Gasteiger partial charge in [0.25, 0.3) is 0 Å². The van der Waals surface area contributed by atoms with Crippen LogP contribution in [0.25, 0.3) is 0 Å². The number of nitrogens with one attached hydrogen (secondary N) is 1. The lowest BCUT2D eigenvalue weighted by Crippen LogP contribution is -2.12. The third-order valence-corrected chi connectivity index (χ3v) is 2.62. The number of nitrogen functional groups attached to an aromatic ring is 1. The third kappa shape index (κ3) is 2.97. The number of carboxylic acid groups (broad SMARTS) is 1. The molecular weight excluding hydrogens is 248 g/mol. The maximum atomic E-state index is 11.1. The number of hydrogen-bond donors (Lipinski definition) is 3. The Kier molecular flexibility index (Phi) is 3.60. The van der Waals surface area contributed by atoms with Crippen molar-refractivity contribution < 1.29 is 9.90 Å². The van der Waals surface area contributed by atoms with Crippen LogP contribution in [0.3, 0.4) is 0 Å². The average molecular weight is 262 g/mol. The number of carbonyl (C=O) groups is 1. The van der Waals surface area contributed by atoms with Crippen molar-refractivity contribution >= 4 is 17.5 Å². The molecular formula is C11H14N6O2. The van der Waals surface area contributed by atoms with E-state index in [1.807, 2.05) is 7.05 Å². The molecule has 0 bridgehead atoms. The van der Waals surface area contributed by atoms with Gasteiger partial charge < -0.3 is 20.7 Å².